The van der Waals surface area contributed by atoms with Crippen LogP contribution in [0.1, 0.15) is 19.4 Å². The third kappa shape index (κ3) is 4.18. The van der Waals surface area contributed by atoms with Gasteiger partial charge in [0.05, 0.1) is 12.3 Å². The van der Waals surface area contributed by atoms with Gasteiger partial charge in [-0.3, -0.25) is 9.59 Å². The van der Waals surface area contributed by atoms with E-state index in [9.17, 15) is 9.59 Å². The van der Waals surface area contributed by atoms with Crippen LogP contribution in [0.4, 0.5) is 5.69 Å². The van der Waals surface area contributed by atoms with Gasteiger partial charge in [0.2, 0.25) is 5.91 Å². The van der Waals surface area contributed by atoms with E-state index in [1.165, 1.54) is 0 Å². The Hall–Kier alpha value is -1.88. The Balaban J connectivity index is 2.73. The minimum absolute atomic E-state index is 0.0629. The molecule has 0 bridgehead atoms. The van der Waals surface area contributed by atoms with Crippen molar-refractivity contribution in [3.05, 3.63) is 29.8 Å². The zero-order valence-corrected chi connectivity index (χ0v) is 10.5. The summed E-state index contributed by atoms with van der Waals surface area (Å²) in [5.41, 5.74) is 6.88. The molecule has 0 saturated carbocycles. The van der Waals surface area contributed by atoms with E-state index >= 15 is 0 Å². The van der Waals surface area contributed by atoms with Crippen molar-refractivity contribution < 1.29 is 14.7 Å². The van der Waals surface area contributed by atoms with E-state index in [1.807, 2.05) is 0 Å². The molecule has 1 amide bonds. The molecular formula is C13H18N2O3. The van der Waals surface area contributed by atoms with Gasteiger partial charge in [-0.05, 0) is 24.6 Å². The van der Waals surface area contributed by atoms with Gasteiger partial charge in [0.1, 0.15) is 0 Å². The lowest BCUT2D eigenvalue weighted by molar-refractivity contribution is -0.136. The summed E-state index contributed by atoms with van der Waals surface area (Å²) >= 11 is 0. The molecule has 2 atom stereocenters. The summed E-state index contributed by atoms with van der Waals surface area (Å²) in [4.78, 5) is 22.4. The molecule has 18 heavy (non-hydrogen) atoms. The fourth-order valence-electron chi connectivity index (χ4n) is 1.43. The normalized spacial score (nSPS) is 13.7. The first-order valence-corrected chi connectivity index (χ1v) is 5.77. The maximum absolute atomic E-state index is 11.8. The van der Waals surface area contributed by atoms with Gasteiger partial charge >= 0.3 is 5.97 Å². The van der Waals surface area contributed by atoms with Gasteiger partial charge in [0.15, 0.2) is 0 Å². The predicted molar refractivity (Wildman–Crippen MR) is 69.2 cm³/mol. The highest BCUT2D eigenvalue weighted by Gasteiger charge is 2.17. The molecule has 0 saturated heterocycles. The van der Waals surface area contributed by atoms with Crippen LogP contribution >= 0.6 is 0 Å². The first kappa shape index (κ1) is 14.2. The van der Waals surface area contributed by atoms with Crippen LogP contribution < -0.4 is 11.1 Å². The molecule has 0 aromatic heterocycles. The maximum atomic E-state index is 11.8. The van der Waals surface area contributed by atoms with Crippen LogP contribution in [0.5, 0.6) is 0 Å². The average molecular weight is 250 g/mol. The predicted octanol–water partition coefficient (Wildman–Crippen LogP) is 1.24. The van der Waals surface area contributed by atoms with Crippen molar-refractivity contribution in [2.75, 3.05) is 5.32 Å². The fourth-order valence-corrected chi connectivity index (χ4v) is 1.43. The Kier molecular flexibility index (Phi) is 4.85. The highest BCUT2D eigenvalue weighted by molar-refractivity contribution is 5.92. The molecule has 5 nitrogen and oxygen atoms in total. The Labute approximate surface area is 106 Å². The van der Waals surface area contributed by atoms with Crippen molar-refractivity contribution in [1.29, 1.82) is 0 Å². The number of hydrogen-bond acceptors (Lipinski definition) is 3. The Morgan fingerprint density at radius 2 is 2.06 bits per heavy atom. The molecule has 98 valence electrons. The summed E-state index contributed by atoms with van der Waals surface area (Å²) in [5.74, 6) is -1.37. The van der Waals surface area contributed by atoms with Crippen molar-refractivity contribution in [1.82, 2.24) is 0 Å². The number of anilines is 1. The summed E-state index contributed by atoms with van der Waals surface area (Å²) < 4.78 is 0. The van der Waals surface area contributed by atoms with Crippen LogP contribution in [-0.2, 0) is 16.0 Å². The quantitative estimate of drug-likeness (QED) is 0.733. The summed E-state index contributed by atoms with van der Waals surface area (Å²) in [7, 11) is 0. The minimum Gasteiger partial charge on any atom is -0.481 e. The number of nitrogens with two attached hydrogens (primary N) is 1. The van der Waals surface area contributed by atoms with E-state index in [1.54, 1.807) is 38.1 Å². The maximum Gasteiger partial charge on any atom is 0.307 e. The van der Waals surface area contributed by atoms with E-state index < -0.39 is 5.97 Å². The van der Waals surface area contributed by atoms with Crippen LogP contribution in [0.25, 0.3) is 0 Å². The molecule has 4 N–H and O–H groups in total. The molecule has 1 aromatic rings. The molecule has 2 unspecified atom stereocenters. The lowest BCUT2D eigenvalue weighted by Crippen LogP contribution is -2.34. The molecule has 5 heteroatoms. The molecule has 0 aliphatic heterocycles. The number of carboxylic acids is 1. The number of nitrogens with one attached hydrogen (secondary N) is 1. The average Bonchev–Trinajstić information content (AvgIpc) is 2.27. The zero-order chi connectivity index (χ0) is 13.7. The lowest BCUT2D eigenvalue weighted by atomic mass is 10.0. The Morgan fingerprint density at radius 1 is 1.39 bits per heavy atom. The number of benzene rings is 1. The third-order valence-electron chi connectivity index (χ3n) is 2.75. The second-order valence-electron chi connectivity index (χ2n) is 4.41. The second-order valence-corrected chi connectivity index (χ2v) is 4.41. The molecule has 0 radical (unpaired) electrons. The monoisotopic (exact) mass is 250 g/mol. The van der Waals surface area contributed by atoms with Crippen molar-refractivity contribution in [3.8, 4) is 0 Å². The highest BCUT2D eigenvalue weighted by atomic mass is 16.4. The van der Waals surface area contributed by atoms with Gasteiger partial charge in [0.25, 0.3) is 0 Å². The molecule has 0 aliphatic carbocycles. The van der Waals surface area contributed by atoms with E-state index in [2.05, 4.69) is 5.32 Å². The molecule has 1 rings (SSSR count). The number of hydrogen-bond donors (Lipinski definition) is 3. The Morgan fingerprint density at radius 3 is 2.61 bits per heavy atom. The van der Waals surface area contributed by atoms with E-state index in [0.29, 0.717) is 11.3 Å². The largest absolute Gasteiger partial charge is 0.481 e. The smallest absolute Gasteiger partial charge is 0.307 e. The summed E-state index contributed by atoms with van der Waals surface area (Å²) in [5, 5.41) is 11.4. The number of carbonyl (C=O) groups excluding carboxylic acids is 1. The van der Waals surface area contributed by atoms with Crippen LogP contribution in [0.2, 0.25) is 0 Å². The number of aliphatic carboxylic acids is 1. The summed E-state index contributed by atoms with van der Waals surface area (Å²) in [6.07, 6.45) is -0.0629. The number of rotatable bonds is 5. The highest BCUT2D eigenvalue weighted by Crippen LogP contribution is 2.13. The third-order valence-corrected chi connectivity index (χ3v) is 2.75. The van der Waals surface area contributed by atoms with Gasteiger partial charge in [-0.2, -0.15) is 0 Å². The summed E-state index contributed by atoms with van der Waals surface area (Å²) in [6.45, 7) is 3.52. The fraction of sp³-hybridized carbons (Fsp3) is 0.385. The van der Waals surface area contributed by atoms with E-state index in [-0.39, 0.29) is 24.3 Å². The van der Waals surface area contributed by atoms with Gasteiger partial charge in [-0.25, -0.2) is 0 Å². The van der Waals surface area contributed by atoms with Crippen molar-refractivity contribution in [2.24, 2.45) is 11.7 Å². The SMILES string of the molecule is CC(N)C(C)C(=O)Nc1cccc(CC(=O)O)c1. The van der Waals surface area contributed by atoms with Crippen LogP contribution in [-0.4, -0.2) is 23.0 Å². The molecule has 0 fully saturated rings. The van der Waals surface area contributed by atoms with Crippen molar-refractivity contribution in [3.63, 3.8) is 0 Å². The van der Waals surface area contributed by atoms with Gasteiger partial charge in [-0.1, -0.05) is 19.1 Å². The van der Waals surface area contributed by atoms with Crippen molar-refractivity contribution >= 4 is 17.6 Å². The first-order valence-electron chi connectivity index (χ1n) is 5.77. The topological polar surface area (TPSA) is 92.4 Å². The first-order chi connectivity index (χ1) is 8.40. The zero-order valence-electron chi connectivity index (χ0n) is 10.5. The molecule has 0 aliphatic rings. The summed E-state index contributed by atoms with van der Waals surface area (Å²) in [6, 6.07) is 6.56. The number of amides is 1. The van der Waals surface area contributed by atoms with Gasteiger partial charge in [0, 0.05) is 11.7 Å². The molecular weight excluding hydrogens is 232 g/mol. The van der Waals surface area contributed by atoms with Gasteiger partial charge < -0.3 is 16.2 Å². The van der Waals surface area contributed by atoms with Crippen molar-refractivity contribution in [2.45, 2.75) is 26.3 Å². The molecule has 0 heterocycles. The molecule has 0 spiro atoms. The van der Waals surface area contributed by atoms with Gasteiger partial charge in [-0.15, -0.1) is 0 Å². The molecule has 1 aromatic carbocycles. The number of carboxylic acid groups (broad SMARTS) is 1. The van der Waals surface area contributed by atoms with E-state index in [0.717, 1.165) is 0 Å². The minimum atomic E-state index is -0.901. The second kappa shape index (κ2) is 6.16. The lowest BCUT2D eigenvalue weighted by Gasteiger charge is -2.15. The standard InChI is InChI=1S/C13H18N2O3/c1-8(9(2)14)13(18)15-11-5-3-4-10(6-11)7-12(16)17/h3-6,8-9H,7,14H2,1-2H3,(H,15,18)(H,16,17). The van der Waals surface area contributed by atoms with Crippen LogP contribution in [0.15, 0.2) is 24.3 Å². The van der Waals surface area contributed by atoms with Crippen LogP contribution in [0, 0.1) is 5.92 Å². The number of carbonyl (C=O) groups is 2. The van der Waals surface area contributed by atoms with Crippen LogP contribution in [0.3, 0.4) is 0 Å². The Bertz CT molecular complexity index is 444. The van der Waals surface area contributed by atoms with E-state index in [4.69, 9.17) is 10.8 Å².